The maximum Gasteiger partial charge on any atom is 0.257 e. The molecule has 0 bridgehead atoms. The zero-order chi connectivity index (χ0) is 19.1. The number of thiophene rings is 1. The number of pyridine rings is 1. The number of carbonyl (C=O) groups is 1. The van der Waals surface area contributed by atoms with E-state index in [0.29, 0.717) is 30.2 Å². The van der Waals surface area contributed by atoms with Gasteiger partial charge in [0.1, 0.15) is 11.5 Å². The second-order valence-electron chi connectivity index (χ2n) is 5.98. The van der Waals surface area contributed by atoms with Gasteiger partial charge in [0, 0.05) is 36.4 Å². The summed E-state index contributed by atoms with van der Waals surface area (Å²) >= 11 is 1.70. The molecule has 27 heavy (non-hydrogen) atoms. The van der Waals surface area contributed by atoms with E-state index in [1.54, 1.807) is 56.1 Å². The second-order valence-corrected chi connectivity index (χ2v) is 7.02. The van der Waals surface area contributed by atoms with Gasteiger partial charge >= 0.3 is 0 Å². The van der Waals surface area contributed by atoms with Crippen LogP contribution in [0.5, 0.6) is 11.5 Å². The summed E-state index contributed by atoms with van der Waals surface area (Å²) in [4.78, 5) is 20.5. The standard InChI is InChI=1S/C21H22N2O3S/c1-25-17-7-8-19(20(13-17)26-2)21(24)23(11-9-18-6-4-12-27-18)15-16-5-3-10-22-14-16/h3-8,10,12-14H,9,11,15H2,1-2H3. The Bertz CT molecular complexity index is 866. The quantitative estimate of drug-likeness (QED) is 0.590. The van der Waals surface area contributed by atoms with Crippen molar-refractivity contribution in [2.75, 3.05) is 20.8 Å². The van der Waals surface area contributed by atoms with E-state index < -0.39 is 0 Å². The Balaban J connectivity index is 1.85. The highest BCUT2D eigenvalue weighted by Gasteiger charge is 2.21. The van der Waals surface area contributed by atoms with Crippen LogP contribution in [0, 0.1) is 0 Å². The van der Waals surface area contributed by atoms with Gasteiger partial charge in [0.2, 0.25) is 0 Å². The van der Waals surface area contributed by atoms with Crippen LogP contribution in [0.15, 0.2) is 60.2 Å². The summed E-state index contributed by atoms with van der Waals surface area (Å²) in [6.07, 6.45) is 4.33. The number of amides is 1. The number of methoxy groups -OCH3 is 2. The van der Waals surface area contributed by atoms with Crippen molar-refractivity contribution in [2.45, 2.75) is 13.0 Å². The average molecular weight is 382 g/mol. The number of hydrogen-bond acceptors (Lipinski definition) is 5. The normalized spacial score (nSPS) is 10.4. The van der Waals surface area contributed by atoms with E-state index in [4.69, 9.17) is 9.47 Å². The zero-order valence-electron chi connectivity index (χ0n) is 15.4. The minimum absolute atomic E-state index is 0.0742. The molecule has 0 unspecified atom stereocenters. The molecule has 0 N–H and O–H groups in total. The van der Waals surface area contributed by atoms with Crippen molar-refractivity contribution in [3.63, 3.8) is 0 Å². The lowest BCUT2D eigenvalue weighted by Crippen LogP contribution is -2.32. The third-order valence-electron chi connectivity index (χ3n) is 4.23. The maximum atomic E-state index is 13.3. The van der Waals surface area contributed by atoms with Crippen LogP contribution in [0.25, 0.3) is 0 Å². The Morgan fingerprint density at radius 1 is 1.15 bits per heavy atom. The summed E-state index contributed by atoms with van der Waals surface area (Å²) in [5, 5.41) is 2.05. The summed E-state index contributed by atoms with van der Waals surface area (Å²) in [6, 6.07) is 13.2. The van der Waals surface area contributed by atoms with Crippen LogP contribution in [0.3, 0.4) is 0 Å². The number of nitrogens with zero attached hydrogens (tertiary/aromatic N) is 2. The largest absolute Gasteiger partial charge is 0.497 e. The molecule has 1 amide bonds. The lowest BCUT2D eigenvalue weighted by molar-refractivity contribution is 0.0742. The molecule has 0 saturated heterocycles. The van der Waals surface area contributed by atoms with Crippen molar-refractivity contribution in [3.05, 3.63) is 76.2 Å². The molecule has 1 aromatic carbocycles. The minimum atomic E-state index is -0.0742. The van der Waals surface area contributed by atoms with Crippen LogP contribution in [0.2, 0.25) is 0 Å². The molecule has 0 aliphatic heterocycles. The number of rotatable bonds is 8. The van der Waals surface area contributed by atoms with Crippen LogP contribution in [-0.4, -0.2) is 36.6 Å². The first kappa shape index (κ1) is 18.9. The van der Waals surface area contributed by atoms with E-state index in [2.05, 4.69) is 16.4 Å². The Morgan fingerprint density at radius 3 is 2.70 bits per heavy atom. The van der Waals surface area contributed by atoms with E-state index in [1.165, 1.54) is 4.88 Å². The molecule has 0 saturated carbocycles. The third-order valence-corrected chi connectivity index (χ3v) is 5.17. The van der Waals surface area contributed by atoms with Crippen molar-refractivity contribution in [3.8, 4) is 11.5 Å². The molecule has 0 atom stereocenters. The predicted octanol–water partition coefficient (Wildman–Crippen LogP) is 4.05. The Labute approximate surface area is 163 Å². The highest BCUT2D eigenvalue weighted by Crippen LogP contribution is 2.26. The summed E-state index contributed by atoms with van der Waals surface area (Å²) in [7, 11) is 3.15. The molecule has 0 fully saturated rings. The monoisotopic (exact) mass is 382 g/mol. The number of hydrogen-bond donors (Lipinski definition) is 0. The van der Waals surface area contributed by atoms with Gasteiger partial charge in [-0.05, 0) is 41.6 Å². The molecule has 2 aromatic heterocycles. The van der Waals surface area contributed by atoms with Crippen molar-refractivity contribution in [1.82, 2.24) is 9.88 Å². The van der Waals surface area contributed by atoms with Crippen molar-refractivity contribution in [1.29, 1.82) is 0 Å². The van der Waals surface area contributed by atoms with Crippen LogP contribution >= 0.6 is 11.3 Å². The summed E-state index contributed by atoms with van der Waals surface area (Å²) in [5.41, 5.74) is 1.51. The van der Waals surface area contributed by atoms with Gasteiger partial charge in [0.05, 0.1) is 19.8 Å². The van der Waals surface area contributed by atoms with E-state index in [-0.39, 0.29) is 5.91 Å². The van der Waals surface area contributed by atoms with Gasteiger partial charge in [-0.2, -0.15) is 0 Å². The van der Waals surface area contributed by atoms with Crippen LogP contribution < -0.4 is 9.47 Å². The highest BCUT2D eigenvalue weighted by molar-refractivity contribution is 7.09. The first-order chi connectivity index (χ1) is 13.2. The van der Waals surface area contributed by atoms with Crippen molar-refractivity contribution < 1.29 is 14.3 Å². The van der Waals surface area contributed by atoms with Gasteiger partial charge < -0.3 is 14.4 Å². The molecule has 3 aromatic rings. The third kappa shape index (κ3) is 4.86. The molecule has 0 aliphatic rings. The fourth-order valence-corrected chi connectivity index (χ4v) is 3.51. The molecule has 2 heterocycles. The van der Waals surface area contributed by atoms with Crippen molar-refractivity contribution >= 4 is 17.2 Å². The summed E-state index contributed by atoms with van der Waals surface area (Å²) in [5.74, 6) is 1.09. The van der Waals surface area contributed by atoms with Gasteiger partial charge in [-0.25, -0.2) is 0 Å². The first-order valence-corrected chi connectivity index (χ1v) is 9.52. The van der Waals surface area contributed by atoms with Crippen LogP contribution in [0.4, 0.5) is 0 Å². The van der Waals surface area contributed by atoms with Crippen LogP contribution in [-0.2, 0) is 13.0 Å². The Morgan fingerprint density at radius 2 is 2.04 bits per heavy atom. The van der Waals surface area contributed by atoms with Crippen molar-refractivity contribution in [2.24, 2.45) is 0 Å². The minimum Gasteiger partial charge on any atom is -0.497 e. The number of ether oxygens (including phenoxy) is 2. The Hall–Kier alpha value is -2.86. The van der Waals surface area contributed by atoms with Gasteiger partial charge in [0.15, 0.2) is 0 Å². The smallest absolute Gasteiger partial charge is 0.257 e. The molecule has 6 heteroatoms. The Kier molecular flexibility index (Phi) is 6.44. The first-order valence-electron chi connectivity index (χ1n) is 8.64. The average Bonchev–Trinajstić information content (AvgIpc) is 3.24. The van der Waals surface area contributed by atoms with Gasteiger partial charge in [-0.1, -0.05) is 12.1 Å². The lowest BCUT2D eigenvalue weighted by atomic mass is 10.1. The second kappa shape index (κ2) is 9.19. The maximum absolute atomic E-state index is 13.3. The van der Waals surface area contributed by atoms with E-state index in [9.17, 15) is 4.79 Å². The van der Waals surface area contributed by atoms with E-state index >= 15 is 0 Å². The highest BCUT2D eigenvalue weighted by atomic mass is 32.1. The predicted molar refractivity (Wildman–Crippen MR) is 107 cm³/mol. The summed E-state index contributed by atoms with van der Waals surface area (Å²) < 4.78 is 10.7. The molecule has 3 rings (SSSR count). The lowest BCUT2D eigenvalue weighted by Gasteiger charge is -2.24. The summed E-state index contributed by atoms with van der Waals surface area (Å²) in [6.45, 7) is 1.11. The SMILES string of the molecule is COc1ccc(C(=O)N(CCc2cccs2)Cc2cccnc2)c(OC)c1. The zero-order valence-corrected chi connectivity index (χ0v) is 16.2. The van der Waals surface area contributed by atoms with Crippen LogP contribution in [0.1, 0.15) is 20.8 Å². The number of benzene rings is 1. The fraction of sp³-hybridized carbons (Fsp3) is 0.238. The molecule has 0 spiro atoms. The van der Waals surface area contributed by atoms with Gasteiger partial charge in [0.25, 0.3) is 5.91 Å². The van der Waals surface area contributed by atoms with E-state index in [1.807, 2.05) is 23.1 Å². The molecule has 5 nitrogen and oxygen atoms in total. The van der Waals surface area contributed by atoms with E-state index in [0.717, 1.165) is 12.0 Å². The molecular formula is C21H22N2O3S. The fourth-order valence-electron chi connectivity index (χ4n) is 2.81. The topological polar surface area (TPSA) is 51.7 Å². The molecule has 0 aliphatic carbocycles. The number of aromatic nitrogens is 1. The molecule has 140 valence electrons. The number of carbonyl (C=O) groups excluding carboxylic acids is 1. The molecule has 0 radical (unpaired) electrons. The van der Waals surface area contributed by atoms with Gasteiger partial charge in [-0.15, -0.1) is 11.3 Å². The molecular weight excluding hydrogens is 360 g/mol. The van der Waals surface area contributed by atoms with Gasteiger partial charge in [-0.3, -0.25) is 9.78 Å².